The number of fused-ring (bicyclic) bond motifs is 2. The fourth-order valence-electron chi connectivity index (χ4n) is 7.48. The largest absolute Gasteiger partial charge is 0.494 e. The van der Waals surface area contributed by atoms with Gasteiger partial charge in [-0.05, 0) is 70.5 Å². The number of hydrogen-bond acceptors (Lipinski definition) is 12. The summed E-state index contributed by atoms with van der Waals surface area (Å²) in [6.45, 7) is 12.9. The number of rotatable bonds is 18. The number of ether oxygens (including phenoxy) is 3. The van der Waals surface area contributed by atoms with Crippen LogP contribution in [0.5, 0.6) is 11.5 Å². The van der Waals surface area contributed by atoms with E-state index in [0.717, 1.165) is 19.6 Å². The maximum atomic E-state index is 13.8. The molecule has 5 heterocycles. The number of morpholine rings is 1. The number of primary amides is 2. The Balaban J connectivity index is 0.00000289. The molecule has 1 aliphatic heterocycles. The minimum absolute atomic E-state index is 0. The van der Waals surface area contributed by atoms with Crippen LogP contribution >= 0.6 is 37.2 Å². The summed E-state index contributed by atoms with van der Waals surface area (Å²) in [5, 5.41) is 14.7. The lowest BCUT2D eigenvalue weighted by Crippen LogP contribution is -2.37. The summed E-state index contributed by atoms with van der Waals surface area (Å²) in [5.74, 6) is -1.11. The number of halogens is 3. The lowest BCUT2D eigenvalue weighted by molar-refractivity contribution is 0.0358. The van der Waals surface area contributed by atoms with Crippen molar-refractivity contribution in [1.29, 1.82) is 0 Å². The van der Waals surface area contributed by atoms with E-state index < -0.39 is 23.6 Å². The molecule has 66 heavy (non-hydrogen) atoms. The molecule has 6 N–H and O–H groups in total. The first-order valence-corrected chi connectivity index (χ1v) is 20.4. The summed E-state index contributed by atoms with van der Waals surface area (Å²) < 4.78 is 24.3. The molecule has 0 radical (unpaired) electrons. The van der Waals surface area contributed by atoms with Crippen LogP contribution in [0.1, 0.15) is 80.8 Å². The number of aromatic nitrogens is 8. The summed E-state index contributed by atoms with van der Waals surface area (Å²) in [7, 11) is 1.47. The van der Waals surface area contributed by atoms with E-state index in [4.69, 9.17) is 35.6 Å². The number of methoxy groups -OCH3 is 1. The SMILES string of the molecule is C.CCn1nc(C)cc1C(=O)Nc1nc2cc(C(N)=O)cc(OC)c2n1C/C=C/Cn1c(NC(=O)c2cc(C)nn2CC)nc2cc(C(N)=O)cc(OCCCN3CCOCC3)c21.Cl.Cl.Cl. The van der Waals surface area contributed by atoms with E-state index in [-0.39, 0.29) is 80.8 Å². The molecule has 0 spiro atoms. The van der Waals surface area contributed by atoms with Crippen LogP contribution in [-0.2, 0) is 30.9 Å². The third-order valence-corrected chi connectivity index (χ3v) is 10.4. The fourth-order valence-corrected chi connectivity index (χ4v) is 7.48. The van der Waals surface area contributed by atoms with E-state index in [2.05, 4.69) is 25.7 Å². The number of hydrogen-bond donors (Lipinski definition) is 4. The van der Waals surface area contributed by atoms with E-state index in [1.165, 1.54) is 19.2 Å². The quantitative estimate of drug-likeness (QED) is 0.0625. The van der Waals surface area contributed by atoms with Crippen LogP contribution < -0.4 is 31.6 Å². The van der Waals surface area contributed by atoms with E-state index in [9.17, 15) is 19.2 Å². The van der Waals surface area contributed by atoms with Crippen LogP contribution in [-0.4, -0.2) is 114 Å². The topological polar surface area (TPSA) is 247 Å². The van der Waals surface area contributed by atoms with Gasteiger partial charge in [0.05, 0.1) is 49.4 Å². The predicted octanol–water partition coefficient (Wildman–Crippen LogP) is 5.41. The first-order chi connectivity index (χ1) is 29.9. The highest BCUT2D eigenvalue weighted by Crippen LogP contribution is 2.33. The van der Waals surface area contributed by atoms with Gasteiger partial charge in [-0.15, -0.1) is 37.2 Å². The van der Waals surface area contributed by atoms with Crippen LogP contribution in [0.3, 0.4) is 0 Å². The number of amides is 4. The summed E-state index contributed by atoms with van der Waals surface area (Å²) >= 11 is 0. The molecule has 0 aliphatic carbocycles. The highest BCUT2D eigenvalue weighted by molar-refractivity contribution is 6.05. The number of anilines is 2. The van der Waals surface area contributed by atoms with Crippen molar-refractivity contribution in [2.75, 3.05) is 57.2 Å². The van der Waals surface area contributed by atoms with Gasteiger partial charge in [0.2, 0.25) is 23.7 Å². The Morgan fingerprint density at radius 2 is 1.18 bits per heavy atom. The first kappa shape index (κ1) is 54.1. The van der Waals surface area contributed by atoms with Gasteiger partial charge in [-0.25, -0.2) is 9.97 Å². The molecule has 0 bridgehead atoms. The van der Waals surface area contributed by atoms with Gasteiger partial charge in [0.15, 0.2) is 0 Å². The Hall–Kier alpha value is -6.19. The van der Waals surface area contributed by atoms with E-state index in [1.54, 1.807) is 49.7 Å². The monoisotopic (exact) mass is 973 g/mol. The Bertz CT molecular complexity index is 2700. The second-order valence-electron chi connectivity index (χ2n) is 14.7. The summed E-state index contributed by atoms with van der Waals surface area (Å²) in [6.07, 6.45) is 4.42. The summed E-state index contributed by atoms with van der Waals surface area (Å²) in [5.41, 5.74) is 15.7. The smallest absolute Gasteiger partial charge is 0.276 e. The van der Waals surface area contributed by atoms with Crippen molar-refractivity contribution in [2.24, 2.45) is 11.5 Å². The second-order valence-corrected chi connectivity index (χ2v) is 14.7. The second kappa shape index (κ2) is 23.8. The number of benzene rings is 2. The Labute approximate surface area is 400 Å². The number of imidazole rings is 2. The normalized spacial score (nSPS) is 12.5. The van der Waals surface area contributed by atoms with Crippen molar-refractivity contribution in [2.45, 2.75) is 67.7 Å². The zero-order valence-electron chi connectivity index (χ0n) is 36.7. The average Bonchev–Trinajstić information content (AvgIpc) is 4.03. The number of nitrogens with two attached hydrogens (primary N) is 2. The van der Waals surface area contributed by atoms with E-state index >= 15 is 0 Å². The lowest BCUT2D eigenvalue weighted by Gasteiger charge is -2.26. The van der Waals surface area contributed by atoms with Crippen molar-refractivity contribution in [3.05, 3.63) is 82.5 Å². The van der Waals surface area contributed by atoms with Crippen molar-refractivity contribution in [3.8, 4) is 11.5 Å². The molecule has 7 rings (SSSR count). The molecule has 6 aromatic rings. The summed E-state index contributed by atoms with van der Waals surface area (Å²) in [6, 6.07) is 9.61. The van der Waals surface area contributed by atoms with Crippen molar-refractivity contribution in [3.63, 3.8) is 0 Å². The van der Waals surface area contributed by atoms with Crippen LogP contribution in [0.2, 0.25) is 0 Å². The zero-order chi connectivity index (χ0) is 44.1. The minimum atomic E-state index is -0.666. The molecular formula is C43H58Cl3N13O7. The van der Waals surface area contributed by atoms with Crippen LogP contribution in [0, 0.1) is 13.8 Å². The van der Waals surface area contributed by atoms with Crippen LogP contribution in [0.25, 0.3) is 22.1 Å². The highest BCUT2D eigenvalue weighted by Gasteiger charge is 2.24. The molecule has 1 aliphatic rings. The Kier molecular flexibility index (Phi) is 19.6. The predicted molar refractivity (Wildman–Crippen MR) is 259 cm³/mol. The minimum Gasteiger partial charge on any atom is -0.494 e. The van der Waals surface area contributed by atoms with E-state index in [1.807, 2.05) is 32.9 Å². The Morgan fingerprint density at radius 1 is 0.727 bits per heavy atom. The van der Waals surface area contributed by atoms with Crippen LogP contribution in [0.15, 0.2) is 48.6 Å². The molecule has 358 valence electrons. The van der Waals surface area contributed by atoms with Gasteiger partial charge in [0.25, 0.3) is 11.8 Å². The van der Waals surface area contributed by atoms with Crippen molar-refractivity contribution in [1.82, 2.24) is 43.6 Å². The molecule has 1 fully saturated rings. The van der Waals surface area contributed by atoms with Gasteiger partial charge in [-0.3, -0.25) is 44.1 Å². The molecule has 0 unspecified atom stereocenters. The molecule has 0 saturated carbocycles. The van der Waals surface area contributed by atoms with Crippen molar-refractivity contribution >= 4 is 94.8 Å². The van der Waals surface area contributed by atoms with Gasteiger partial charge in [0, 0.05) is 56.9 Å². The highest BCUT2D eigenvalue weighted by atomic mass is 35.5. The first-order valence-electron chi connectivity index (χ1n) is 20.4. The number of carbonyl (C=O) groups is 4. The van der Waals surface area contributed by atoms with Gasteiger partial charge in [-0.2, -0.15) is 10.2 Å². The summed E-state index contributed by atoms with van der Waals surface area (Å²) in [4.78, 5) is 64.1. The average molecular weight is 975 g/mol. The van der Waals surface area contributed by atoms with E-state index in [0.29, 0.717) is 95.7 Å². The molecule has 20 nitrogen and oxygen atoms in total. The molecule has 0 atom stereocenters. The van der Waals surface area contributed by atoms with Crippen LogP contribution in [0.4, 0.5) is 11.9 Å². The number of carbonyl (C=O) groups excluding carboxylic acids is 4. The standard InChI is InChI=1S/C42H51N13O7.CH4.3ClH/c1-6-54-31(19-25(3)49-54)39(58)47-41-45-29-21-27(37(43)56)23-33(60-5)35(29)52(41)12-8-9-13-53-36-30(46-42(53)48-40(59)32-20-26(4)50-55(32)7-2)22-28(38(44)57)24-34(36)62-16-10-11-51-14-17-61-18-15-51;;;;/h8-9,19-24H,6-7,10-18H2,1-5H3,(H2,43,56)(H2,44,57)(H,45,47,58)(H,46,48,59);1H4;3*1H/b9-8+;;;;. The zero-order valence-corrected chi connectivity index (χ0v) is 39.1. The van der Waals surface area contributed by atoms with Crippen molar-refractivity contribution < 1.29 is 33.4 Å². The number of nitrogens with one attached hydrogen (secondary N) is 2. The maximum absolute atomic E-state index is 13.8. The molecule has 1 saturated heterocycles. The maximum Gasteiger partial charge on any atom is 0.276 e. The number of aryl methyl sites for hydroxylation is 4. The third kappa shape index (κ3) is 11.8. The Morgan fingerprint density at radius 3 is 1.62 bits per heavy atom. The molecule has 23 heteroatoms. The molecule has 2 aromatic carbocycles. The third-order valence-electron chi connectivity index (χ3n) is 10.4. The lowest BCUT2D eigenvalue weighted by atomic mass is 10.1. The molecule has 4 aromatic heterocycles. The number of allylic oxidation sites excluding steroid dienone is 2. The van der Waals surface area contributed by atoms with Gasteiger partial charge < -0.3 is 34.8 Å². The van der Waals surface area contributed by atoms with Gasteiger partial charge in [-0.1, -0.05) is 19.6 Å². The molecular weight excluding hydrogens is 917 g/mol. The fraction of sp³-hybridized carbons (Fsp3) is 0.395. The molecule has 4 amide bonds. The van der Waals surface area contributed by atoms with Gasteiger partial charge >= 0.3 is 0 Å². The van der Waals surface area contributed by atoms with Gasteiger partial charge in [0.1, 0.15) is 33.9 Å². The number of nitrogens with zero attached hydrogens (tertiary/aromatic N) is 9.